The van der Waals surface area contributed by atoms with E-state index in [1.165, 1.54) is 28.4 Å². The molecular formula is C81H93F2I6N14O7-. The molecule has 2 saturated heterocycles. The summed E-state index contributed by atoms with van der Waals surface area (Å²) in [4.78, 5) is 92.9. The number of aryl methyl sites for hydroxylation is 2. The average Bonchev–Trinajstić information content (AvgIpc) is 1.60. The van der Waals surface area contributed by atoms with Crippen molar-refractivity contribution in [1.29, 1.82) is 0 Å². The normalized spacial score (nSPS) is 14.4. The van der Waals surface area contributed by atoms with E-state index in [-0.39, 0.29) is 95.0 Å². The second kappa shape index (κ2) is 41.8. The van der Waals surface area contributed by atoms with Crippen molar-refractivity contribution in [2.24, 2.45) is 10.7 Å². The van der Waals surface area contributed by atoms with Gasteiger partial charge in [0.05, 0.1) is 61.1 Å². The van der Waals surface area contributed by atoms with Crippen molar-refractivity contribution in [2.45, 2.75) is 157 Å². The van der Waals surface area contributed by atoms with Crippen LogP contribution < -0.4 is 29.6 Å². The van der Waals surface area contributed by atoms with Crippen LogP contribution in [-0.2, 0) is 45.4 Å². The molecule has 5 N–H and O–H groups in total. The van der Waals surface area contributed by atoms with E-state index < -0.39 is 28.1 Å². The number of halogens is 8. The molecule has 29 heteroatoms. The molecule has 586 valence electrons. The van der Waals surface area contributed by atoms with Crippen LogP contribution in [0.25, 0.3) is 33.8 Å². The van der Waals surface area contributed by atoms with Gasteiger partial charge >= 0.3 is 56.5 Å². The number of benzene rings is 6. The van der Waals surface area contributed by atoms with Gasteiger partial charge in [0.2, 0.25) is 17.7 Å². The Kier molecular flexibility index (Phi) is 35.0. The zero-order chi connectivity index (χ0) is 80.3. The standard InChI is InChI=1S/C29H30FN5O2.C17H16FN3O2.C12H16N2O.C12H14N2O.C11H16N2O.I3.I2.HI/c1-18(2)22-14-24(21-11-12-23(30)19(3)13-21)32-35-16-25(31-26(22)35)27(36)34-17-33(28(37)29(34,4)5)15-20-9-7-6-8-10-20;1-9(2)12-7-14(11-4-5-13(18)10(3)6-11)20-21-8-15(17(22)23)19-16(12)21;2*1-12(2)11(15)14(9-13-12)8-10-6-4-3-5-7-10;1-11(2,12)10(14)13-8-9-6-4-3-5-7-9;1-3-2;1-2;/h6-14,16,18H,15,17H2,1-5H3;4-9H,1-3H3,(H,22,23);3-7,13H,8-9H2,1-2H3;3-7,9H,8H2,1-2H3;3-7H,8,12H2,1-2H3,(H,13,14);;;1H/q;;;;;-1;;. The summed E-state index contributed by atoms with van der Waals surface area (Å²) in [5.74, 6) is -1.71. The number of aromatic carboxylic acids is 1. The number of rotatable bonds is 15. The Hall–Kier alpha value is -6.79. The summed E-state index contributed by atoms with van der Waals surface area (Å²) in [7, 11) is 0. The molecule has 3 aliphatic heterocycles. The van der Waals surface area contributed by atoms with Gasteiger partial charge in [0.1, 0.15) is 28.4 Å². The van der Waals surface area contributed by atoms with Gasteiger partial charge in [0, 0.05) is 79.1 Å². The van der Waals surface area contributed by atoms with Crippen LogP contribution >= 0.6 is 98.4 Å². The van der Waals surface area contributed by atoms with Crippen LogP contribution in [0.2, 0.25) is 0 Å². The maximum absolute atomic E-state index is 13.8. The number of nitrogens with one attached hydrogen (secondary N) is 2. The molecule has 0 radical (unpaired) electrons. The quantitative estimate of drug-likeness (QED) is 0.0697. The Morgan fingerprint density at radius 3 is 1.40 bits per heavy atom. The third-order valence-corrected chi connectivity index (χ3v) is 17.9. The first-order valence-electron chi connectivity index (χ1n) is 34.9. The zero-order valence-electron chi connectivity index (χ0n) is 63.7. The summed E-state index contributed by atoms with van der Waals surface area (Å²) in [6.07, 6.45) is 4.64. The van der Waals surface area contributed by atoms with Gasteiger partial charge < -0.3 is 30.9 Å². The Morgan fingerprint density at radius 2 is 1.02 bits per heavy atom. The predicted octanol–water partition coefficient (Wildman–Crippen LogP) is 14.2. The van der Waals surface area contributed by atoms with Crippen LogP contribution in [0.5, 0.6) is 0 Å². The van der Waals surface area contributed by atoms with E-state index in [0.717, 1.165) is 38.9 Å². The van der Waals surface area contributed by atoms with Crippen molar-refractivity contribution in [2.75, 3.05) is 13.3 Å². The van der Waals surface area contributed by atoms with Gasteiger partial charge in [-0.3, -0.25) is 39.2 Å². The number of hydrogen-bond donors (Lipinski definition) is 4. The number of carboxylic acids is 1. The minimum atomic E-state index is -1.09. The van der Waals surface area contributed by atoms with Gasteiger partial charge in [-0.2, -0.15) is 10.2 Å². The maximum atomic E-state index is 13.8. The molecule has 21 nitrogen and oxygen atoms in total. The number of amides is 5. The Morgan fingerprint density at radius 1 is 0.609 bits per heavy atom. The molecular weight excluding hydrogens is 2080 g/mol. The number of carbonyl (C=O) groups is 6. The molecule has 0 spiro atoms. The van der Waals surface area contributed by atoms with Crippen LogP contribution in [0.3, 0.4) is 0 Å². The fourth-order valence-electron chi connectivity index (χ4n) is 11.6. The van der Waals surface area contributed by atoms with E-state index in [9.17, 15) is 37.5 Å². The molecule has 6 aromatic carbocycles. The van der Waals surface area contributed by atoms with Crippen molar-refractivity contribution in [3.05, 3.63) is 250 Å². The van der Waals surface area contributed by atoms with Crippen LogP contribution in [0.1, 0.15) is 160 Å². The van der Waals surface area contributed by atoms with Crippen molar-refractivity contribution in [1.82, 2.24) is 59.4 Å². The average molecular weight is 2170 g/mol. The number of aromatic nitrogens is 6. The third kappa shape index (κ3) is 24.9. The second-order valence-corrected chi connectivity index (χ2v) is 45.1. The number of carbonyl (C=O) groups excluding carboxylic acids is 5. The Bertz CT molecular complexity index is 4810. The first kappa shape index (κ1) is 92.1. The number of hydrogen-bond acceptors (Lipinski definition) is 13. The fourth-order valence-corrected chi connectivity index (χ4v) is 11.6. The topological polar surface area (TPSA) is 258 Å². The molecule has 0 aliphatic carbocycles. The van der Waals surface area contributed by atoms with Crippen LogP contribution in [0.15, 0.2) is 187 Å². The van der Waals surface area contributed by atoms with Gasteiger partial charge in [-0.15, -0.1) is 24.0 Å². The van der Waals surface area contributed by atoms with E-state index in [2.05, 4.69) is 119 Å². The van der Waals surface area contributed by atoms with Crippen molar-refractivity contribution in [3.63, 3.8) is 0 Å². The Balaban J connectivity index is 0.000000223. The number of imidazole rings is 2. The predicted molar refractivity (Wildman–Crippen MR) is 470 cm³/mol. The molecule has 0 atom stereocenters. The van der Waals surface area contributed by atoms with Crippen LogP contribution in [0.4, 0.5) is 8.78 Å². The molecule has 7 heterocycles. The SMILES string of the molecule is CC(C)(N)C(=O)NCc1ccccc1.CC1(C)N=CN(Cc2ccccc2)C1=O.CC1(C)NCN(Cc2ccccc2)C1=O.Cc1cc(-c2cc(C(C)C)c3nc(C(=O)N4CN(Cc5ccccc5)C(=O)C4(C)C)cn3n2)ccc1F.Cc1cc(-c2cc(C(C)C)c3nc(C(=O)O)cn3n2)ccc1F.I.II.I[I-]I. The number of nitrogens with zero attached hydrogens (tertiary/aromatic N) is 11. The number of aliphatic imine (C=N–C) groups is 1. The molecule has 0 saturated carbocycles. The van der Waals surface area contributed by atoms with Crippen molar-refractivity contribution >= 4 is 152 Å². The number of fused-ring (bicyclic) bond motifs is 2. The monoisotopic (exact) mass is 2170 g/mol. The van der Waals surface area contributed by atoms with Crippen molar-refractivity contribution in [3.8, 4) is 22.5 Å². The zero-order valence-corrected chi connectivity index (χ0v) is 76.9. The van der Waals surface area contributed by atoms with Crippen LogP contribution in [0, 0.1) is 25.5 Å². The first-order valence-corrected chi connectivity index (χ1v) is 53.7. The van der Waals surface area contributed by atoms with Crippen molar-refractivity contribution < 1.29 is 55.9 Å². The molecule has 0 unspecified atom stereocenters. The summed E-state index contributed by atoms with van der Waals surface area (Å²) in [6, 6.07) is 52.9. The van der Waals surface area contributed by atoms with Gasteiger partial charge in [-0.25, -0.2) is 32.6 Å². The first-order chi connectivity index (χ1) is 51.5. The van der Waals surface area contributed by atoms with Gasteiger partial charge in [-0.05, 0) is 163 Å². The number of carboxylic acid groups (broad SMARTS) is 1. The molecule has 110 heavy (non-hydrogen) atoms. The molecule has 13 rings (SSSR count). The summed E-state index contributed by atoms with van der Waals surface area (Å²) in [5.41, 5.74) is 14.2. The number of nitrogens with two attached hydrogens (primary N) is 1. The van der Waals surface area contributed by atoms with E-state index in [1.54, 1.807) is 97.6 Å². The van der Waals surface area contributed by atoms with E-state index >= 15 is 0 Å². The summed E-state index contributed by atoms with van der Waals surface area (Å²) in [5, 5.41) is 24.2. The molecule has 5 amide bonds. The summed E-state index contributed by atoms with van der Waals surface area (Å²) < 4.78 is 30.4. The molecule has 2 fully saturated rings. The van der Waals surface area contributed by atoms with E-state index in [0.29, 0.717) is 79.9 Å². The summed E-state index contributed by atoms with van der Waals surface area (Å²) in [6.45, 7) is 29.0. The fraction of sp³-hybridized carbons (Fsp3) is 0.321. The summed E-state index contributed by atoms with van der Waals surface area (Å²) >= 11 is 9.54. The van der Waals surface area contributed by atoms with Gasteiger partial charge in [0.15, 0.2) is 17.0 Å². The van der Waals surface area contributed by atoms with Crippen LogP contribution in [-0.4, -0.2) is 131 Å². The minimum absolute atomic E-state index is 0. The van der Waals surface area contributed by atoms with Gasteiger partial charge in [0.25, 0.3) is 11.8 Å². The molecule has 4 aromatic heterocycles. The second-order valence-electron chi connectivity index (χ2n) is 28.8. The van der Waals surface area contributed by atoms with Gasteiger partial charge in [-0.1, -0.05) is 149 Å². The Labute approximate surface area is 712 Å². The van der Waals surface area contributed by atoms with E-state index in [4.69, 9.17) is 15.9 Å². The molecule has 0 bridgehead atoms. The van der Waals surface area contributed by atoms with E-state index in [1.807, 2.05) is 180 Å². The molecule has 3 aliphatic rings. The third-order valence-electron chi connectivity index (χ3n) is 17.9. The molecule has 10 aromatic rings.